The molecule has 0 radical (unpaired) electrons. The van der Waals surface area contributed by atoms with Gasteiger partial charge in [-0.05, 0) is 36.2 Å². The van der Waals surface area contributed by atoms with Crippen molar-refractivity contribution >= 4 is 17.5 Å². The smallest absolute Gasteiger partial charge is 0.228 e. The highest BCUT2D eigenvalue weighted by atomic mass is 16.5. The van der Waals surface area contributed by atoms with Gasteiger partial charge in [0.1, 0.15) is 12.4 Å². The molecule has 0 heterocycles. The monoisotopic (exact) mass is 350 g/mol. The zero-order valence-corrected chi connectivity index (χ0v) is 14.5. The van der Waals surface area contributed by atoms with Crippen LogP contribution in [-0.2, 0) is 16.2 Å². The number of benzene rings is 2. The number of hydrogen-bond donors (Lipinski definition) is 2. The first kappa shape index (κ1) is 17.7. The number of carbonyl (C=O) groups excluding carboxylic acids is 2. The van der Waals surface area contributed by atoms with E-state index >= 15 is 0 Å². The molecule has 1 saturated carbocycles. The normalized spacial score (nSPS) is 17.8. The molecule has 0 spiro atoms. The minimum atomic E-state index is -0.256. The zero-order chi connectivity index (χ0) is 18.4. The first-order chi connectivity index (χ1) is 12.7. The lowest BCUT2D eigenvalue weighted by molar-refractivity contribution is -0.125. The number of carbonyl (C=O) groups is 2. The van der Waals surface area contributed by atoms with Crippen LogP contribution in [0.25, 0.3) is 0 Å². The first-order valence-corrected chi connectivity index (χ1v) is 8.63. The fraction of sp³-hybridized carbons (Fsp3) is 0.238. The van der Waals surface area contributed by atoms with Crippen LogP contribution >= 0.6 is 0 Å². The van der Waals surface area contributed by atoms with Gasteiger partial charge in [0.25, 0.3) is 0 Å². The van der Waals surface area contributed by atoms with Gasteiger partial charge in [-0.15, -0.1) is 6.58 Å². The largest absolute Gasteiger partial charge is 0.489 e. The summed E-state index contributed by atoms with van der Waals surface area (Å²) < 4.78 is 5.72. The summed E-state index contributed by atoms with van der Waals surface area (Å²) in [6.45, 7) is 4.48. The number of amides is 2. The molecular weight excluding hydrogens is 328 g/mol. The molecule has 0 aromatic heterocycles. The highest BCUT2D eigenvalue weighted by molar-refractivity contribution is 5.99. The second kappa shape index (κ2) is 8.34. The maximum absolute atomic E-state index is 12.2. The maximum Gasteiger partial charge on any atom is 0.228 e. The minimum absolute atomic E-state index is 0.0882. The van der Waals surface area contributed by atoms with Crippen molar-refractivity contribution in [1.29, 1.82) is 0 Å². The molecular formula is C21H22N2O3. The van der Waals surface area contributed by atoms with Crippen molar-refractivity contribution in [1.82, 2.24) is 5.32 Å². The molecule has 5 nitrogen and oxygen atoms in total. The number of rotatable bonds is 8. The van der Waals surface area contributed by atoms with Crippen molar-refractivity contribution in [3.05, 3.63) is 72.8 Å². The number of hydrogen-bond acceptors (Lipinski definition) is 3. The molecule has 1 aliphatic rings. The van der Waals surface area contributed by atoms with E-state index < -0.39 is 0 Å². The standard InChI is InChI=1S/C21H22N2O3/c1-2-12-22-20(24)18-13-19(18)21(25)23-16-8-10-17(11-9-16)26-14-15-6-4-3-5-7-15/h2-11,18-19H,1,12-14H2,(H,22,24)(H,23,25). The van der Waals surface area contributed by atoms with E-state index in [-0.39, 0.29) is 23.7 Å². The van der Waals surface area contributed by atoms with Crippen LogP contribution in [0.2, 0.25) is 0 Å². The van der Waals surface area contributed by atoms with E-state index in [9.17, 15) is 9.59 Å². The van der Waals surface area contributed by atoms with E-state index in [1.54, 1.807) is 18.2 Å². The maximum atomic E-state index is 12.2. The summed E-state index contributed by atoms with van der Waals surface area (Å²) in [5, 5.41) is 5.58. The Bertz CT molecular complexity index is 772. The Morgan fingerprint density at radius 2 is 1.73 bits per heavy atom. The van der Waals surface area contributed by atoms with Crippen LogP contribution in [0.4, 0.5) is 5.69 Å². The summed E-state index contributed by atoms with van der Waals surface area (Å²) in [7, 11) is 0. The van der Waals surface area contributed by atoms with Gasteiger partial charge in [-0.25, -0.2) is 0 Å². The van der Waals surface area contributed by atoms with Crippen LogP contribution in [0.5, 0.6) is 5.75 Å². The van der Waals surface area contributed by atoms with Gasteiger partial charge in [-0.1, -0.05) is 36.4 Å². The van der Waals surface area contributed by atoms with Gasteiger partial charge < -0.3 is 15.4 Å². The van der Waals surface area contributed by atoms with Crippen LogP contribution in [-0.4, -0.2) is 18.4 Å². The van der Waals surface area contributed by atoms with Gasteiger partial charge in [0, 0.05) is 12.2 Å². The van der Waals surface area contributed by atoms with Crippen molar-refractivity contribution in [3.8, 4) is 5.75 Å². The van der Waals surface area contributed by atoms with Crippen LogP contribution in [0.1, 0.15) is 12.0 Å². The third kappa shape index (κ3) is 4.72. The van der Waals surface area contributed by atoms with Gasteiger partial charge in [-0.2, -0.15) is 0 Å². The fourth-order valence-corrected chi connectivity index (χ4v) is 2.69. The number of anilines is 1. The number of ether oxygens (including phenoxy) is 1. The molecule has 3 rings (SSSR count). The van der Waals surface area contributed by atoms with E-state index in [1.165, 1.54) is 0 Å². The zero-order valence-electron chi connectivity index (χ0n) is 14.5. The Balaban J connectivity index is 1.46. The summed E-state index contributed by atoms with van der Waals surface area (Å²) in [5.74, 6) is 0.0358. The Morgan fingerprint density at radius 3 is 2.42 bits per heavy atom. The summed E-state index contributed by atoms with van der Waals surface area (Å²) in [6, 6.07) is 17.2. The van der Waals surface area contributed by atoms with Gasteiger partial charge >= 0.3 is 0 Å². The lowest BCUT2D eigenvalue weighted by Crippen LogP contribution is -2.27. The minimum Gasteiger partial charge on any atom is -0.489 e. The second-order valence-electron chi connectivity index (χ2n) is 6.27. The Labute approximate surface area is 153 Å². The van der Waals surface area contributed by atoms with Crippen LogP contribution in [0.3, 0.4) is 0 Å². The van der Waals surface area contributed by atoms with Crippen molar-refractivity contribution in [2.45, 2.75) is 13.0 Å². The molecule has 134 valence electrons. The van der Waals surface area contributed by atoms with Crippen LogP contribution < -0.4 is 15.4 Å². The molecule has 2 aromatic rings. The van der Waals surface area contributed by atoms with E-state index in [1.807, 2.05) is 42.5 Å². The highest BCUT2D eigenvalue weighted by Crippen LogP contribution is 2.39. The summed E-state index contributed by atoms with van der Waals surface area (Å²) >= 11 is 0. The van der Waals surface area contributed by atoms with Gasteiger partial charge in [-0.3, -0.25) is 9.59 Å². The lowest BCUT2D eigenvalue weighted by atomic mass is 10.2. The molecule has 2 amide bonds. The first-order valence-electron chi connectivity index (χ1n) is 8.63. The molecule has 2 aromatic carbocycles. The second-order valence-corrected chi connectivity index (χ2v) is 6.27. The molecule has 1 aliphatic carbocycles. The third-order valence-corrected chi connectivity index (χ3v) is 4.25. The fourth-order valence-electron chi connectivity index (χ4n) is 2.69. The predicted octanol–water partition coefficient (Wildman–Crippen LogP) is 3.14. The van der Waals surface area contributed by atoms with Crippen molar-refractivity contribution in [2.24, 2.45) is 11.8 Å². The molecule has 5 heteroatoms. The van der Waals surface area contributed by atoms with Crippen molar-refractivity contribution in [2.75, 3.05) is 11.9 Å². The Kier molecular flexibility index (Phi) is 5.69. The SMILES string of the molecule is C=CCNC(=O)C1CC1C(=O)Nc1ccc(OCc2ccccc2)cc1. The summed E-state index contributed by atoms with van der Waals surface area (Å²) in [5.41, 5.74) is 1.79. The topological polar surface area (TPSA) is 67.4 Å². The number of nitrogens with one attached hydrogen (secondary N) is 2. The molecule has 0 bridgehead atoms. The van der Waals surface area contributed by atoms with Crippen molar-refractivity contribution < 1.29 is 14.3 Å². The molecule has 1 fully saturated rings. The molecule has 2 N–H and O–H groups in total. The van der Waals surface area contributed by atoms with Gasteiger partial charge in [0.15, 0.2) is 0 Å². The molecule has 26 heavy (non-hydrogen) atoms. The van der Waals surface area contributed by atoms with E-state index in [2.05, 4.69) is 17.2 Å². The van der Waals surface area contributed by atoms with E-state index in [0.29, 0.717) is 25.3 Å². The quantitative estimate of drug-likeness (QED) is 0.719. The van der Waals surface area contributed by atoms with Gasteiger partial charge in [0.2, 0.25) is 11.8 Å². The lowest BCUT2D eigenvalue weighted by Gasteiger charge is -2.08. The van der Waals surface area contributed by atoms with Crippen LogP contribution in [0.15, 0.2) is 67.3 Å². The predicted molar refractivity (Wildman–Crippen MR) is 101 cm³/mol. The molecule has 0 saturated heterocycles. The Morgan fingerprint density at radius 1 is 1.04 bits per heavy atom. The van der Waals surface area contributed by atoms with Crippen LogP contribution in [0, 0.1) is 11.8 Å². The van der Waals surface area contributed by atoms with Gasteiger partial charge in [0.05, 0.1) is 11.8 Å². The summed E-state index contributed by atoms with van der Waals surface area (Å²) in [6.07, 6.45) is 2.21. The average molecular weight is 350 g/mol. The Hall–Kier alpha value is -3.08. The van der Waals surface area contributed by atoms with E-state index in [4.69, 9.17) is 4.74 Å². The molecule has 2 unspecified atom stereocenters. The molecule has 2 atom stereocenters. The van der Waals surface area contributed by atoms with Crippen molar-refractivity contribution in [3.63, 3.8) is 0 Å². The van der Waals surface area contributed by atoms with E-state index in [0.717, 1.165) is 11.3 Å². The summed E-state index contributed by atoms with van der Waals surface area (Å²) in [4.78, 5) is 24.0. The molecule has 0 aliphatic heterocycles. The highest BCUT2D eigenvalue weighted by Gasteiger charge is 2.47. The average Bonchev–Trinajstić information content (AvgIpc) is 3.47. The third-order valence-electron chi connectivity index (χ3n) is 4.25.